The van der Waals surface area contributed by atoms with Gasteiger partial charge in [0, 0.05) is 17.0 Å². The summed E-state index contributed by atoms with van der Waals surface area (Å²) in [5, 5.41) is 24.5. The van der Waals surface area contributed by atoms with Gasteiger partial charge in [0.15, 0.2) is 0 Å². The van der Waals surface area contributed by atoms with Crippen molar-refractivity contribution in [3.63, 3.8) is 0 Å². The quantitative estimate of drug-likeness (QED) is 0.310. The van der Waals surface area contributed by atoms with E-state index in [4.69, 9.17) is 4.74 Å². The van der Waals surface area contributed by atoms with Gasteiger partial charge in [0.05, 0.1) is 0 Å². The fourth-order valence-corrected chi connectivity index (χ4v) is 4.84. The zero-order chi connectivity index (χ0) is 21.1. The van der Waals surface area contributed by atoms with Gasteiger partial charge >= 0.3 is 0 Å². The maximum absolute atomic E-state index is 10.3. The molecule has 0 amide bonds. The van der Waals surface area contributed by atoms with Crippen LogP contribution in [-0.2, 0) is 0 Å². The van der Waals surface area contributed by atoms with E-state index in [-0.39, 0.29) is 17.4 Å². The summed E-state index contributed by atoms with van der Waals surface area (Å²) in [6.45, 7) is 2.09. The van der Waals surface area contributed by atoms with Crippen LogP contribution in [-0.4, -0.2) is 10.2 Å². The topological polar surface area (TPSA) is 49.7 Å². The first-order valence-electron chi connectivity index (χ1n) is 10.3. The van der Waals surface area contributed by atoms with E-state index in [2.05, 4.69) is 31.2 Å². The molecule has 0 radical (unpaired) electrons. The Morgan fingerprint density at radius 2 is 1.19 bits per heavy atom. The Morgan fingerprint density at radius 1 is 0.645 bits per heavy atom. The summed E-state index contributed by atoms with van der Waals surface area (Å²) in [6, 6.07) is 27.5. The largest absolute Gasteiger partial charge is 0.508 e. The molecule has 0 unspecified atom stereocenters. The van der Waals surface area contributed by atoms with Crippen LogP contribution in [0.5, 0.6) is 23.0 Å². The molecule has 150 valence electrons. The second kappa shape index (κ2) is 6.51. The van der Waals surface area contributed by atoms with Crippen molar-refractivity contribution in [2.24, 2.45) is 0 Å². The Hall–Kier alpha value is -3.98. The highest BCUT2D eigenvalue weighted by Gasteiger charge is 2.32. The molecule has 3 heteroatoms. The van der Waals surface area contributed by atoms with Crippen LogP contribution in [0.4, 0.5) is 0 Å². The van der Waals surface area contributed by atoms with Crippen LogP contribution < -0.4 is 4.74 Å². The average molecular weight is 404 g/mol. The second-order valence-corrected chi connectivity index (χ2v) is 8.21. The third-order valence-electron chi connectivity index (χ3n) is 6.19. The number of hydrogen-bond acceptors (Lipinski definition) is 3. The van der Waals surface area contributed by atoms with Crippen molar-refractivity contribution in [1.29, 1.82) is 0 Å². The number of hydrogen-bond donors (Lipinski definition) is 2. The molecule has 5 aromatic carbocycles. The monoisotopic (exact) mass is 404 g/mol. The van der Waals surface area contributed by atoms with E-state index in [1.165, 1.54) is 5.56 Å². The lowest BCUT2D eigenvalue weighted by Crippen LogP contribution is -2.13. The average Bonchev–Trinajstić information content (AvgIpc) is 2.77. The van der Waals surface area contributed by atoms with E-state index in [0.717, 1.165) is 49.7 Å². The molecular formula is C28H20O3. The van der Waals surface area contributed by atoms with Crippen LogP contribution in [0.15, 0.2) is 84.9 Å². The maximum atomic E-state index is 10.3. The first-order valence-corrected chi connectivity index (χ1v) is 10.3. The zero-order valence-electron chi connectivity index (χ0n) is 17.0. The van der Waals surface area contributed by atoms with Crippen LogP contribution in [0, 0.1) is 6.92 Å². The summed E-state index contributed by atoms with van der Waals surface area (Å²) in [4.78, 5) is 0. The highest BCUT2D eigenvalue weighted by atomic mass is 16.5. The molecule has 0 saturated heterocycles. The number of ether oxygens (including phenoxy) is 1. The Labute approximate surface area is 179 Å². The first-order chi connectivity index (χ1) is 15.1. The molecule has 0 bridgehead atoms. The molecular weight excluding hydrogens is 384 g/mol. The molecule has 1 heterocycles. The normalized spacial score (nSPS) is 13.1. The van der Waals surface area contributed by atoms with Crippen LogP contribution in [0.1, 0.15) is 28.2 Å². The molecule has 31 heavy (non-hydrogen) atoms. The summed E-state index contributed by atoms with van der Waals surface area (Å²) in [6.07, 6.45) is 0. The predicted molar refractivity (Wildman–Crippen MR) is 123 cm³/mol. The Kier molecular flexibility index (Phi) is 3.75. The number of fused-ring (bicyclic) bond motifs is 6. The van der Waals surface area contributed by atoms with Crippen molar-refractivity contribution < 1.29 is 14.9 Å². The van der Waals surface area contributed by atoms with Crippen LogP contribution in [0.2, 0.25) is 0 Å². The van der Waals surface area contributed by atoms with Gasteiger partial charge in [0.2, 0.25) is 0 Å². The molecule has 0 fully saturated rings. The van der Waals surface area contributed by atoms with Crippen LogP contribution in [0.25, 0.3) is 21.5 Å². The van der Waals surface area contributed by atoms with E-state index in [0.29, 0.717) is 0 Å². The van der Waals surface area contributed by atoms with E-state index < -0.39 is 0 Å². The van der Waals surface area contributed by atoms with Crippen molar-refractivity contribution >= 4 is 21.5 Å². The van der Waals surface area contributed by atoms with Gasteiger partial charge in [-0.1, -0.05) is 54.1 Å². The standard InChI is InChI=1S/C28H20O3/c1-16-3-2-4-19(13-16)26-27-22-14-20(29)9-5-17(22)7-11-24(27)31-25-12-8-18-6-10-21(30)15-23(18)28(25)26/h2-15,26,29-30H,1H3. The fraction of sp³-hybridized carbons (Fsp3) is 0.0714. The highest BCUT2D eigenvalue weighted by molar-refractivity contribution is 5.96. The lowest BCUT2D eigenvalue weighted by atomic mass is 9.78. The number of aromatic hydroxyl groups is 2. The summed E-state index contributed by atoms with van der Waals surface area (Å²) >= 11 is 0. The van der Waals surface area contributed by atoms with Gasteiger partial charge in [-0.15, -0.1) is 0 Å². The third-order valence-corrected chi connectivity index (χ3v) is 6.19. The summed E-state index contributed by atoms with van der Waals surface area (Å²) in [5.41, 5.74) is 4.39. The molecule has 1 aliphatic heterocycles. The molecule has 3 nitrogen and oxygen atoms in total. The molecule has 0 aromatic heterocycles. The van der Waals surface area contributed by atoms with Gasteiger partial charge < -0.3 is 14.9 Å². The molecule has 2 N–H and O–H groups in total. The van der Waals surface area contributed by atoms with Crippen LogP contribution in [0.3, 0.4) is 0 Å². The number of benzene rings is 5. The van der Waals surface area contributed by atoms with Gasteiger partial charge in [0.25, 0.3) is 0 Å². The highest BCUT2D eigenvalue weighted by Crippen LogP contribution is 2.52. The first kappa shape index (κ1) is 17.8. The van der Waals surface area contributed by atoms with Gasteiger partial charge in [-0.2, -0.15) is 0 Å². The van der Waals surface area contributed by atoms with Gasteiger partial charge in [-0.05, 0) is 70.4 Å². The number of rotatable bonds is 1. The molecule has 0 saturated carbocycles. The minimum absolute atomic E-state index is 0.102. The summed E-state index contributed by atoms with van der Waals surface area (Å²) in [7, 11) is 0. The van der Waals surface area contributed by atoms with Crippen molar-refractivity contribution in [2.75, 3.05) is 0 Å². The summed E-state index contributed by atoms with van der Waals surface area (Å²) in [5.74, 6) is 1.93. The molecule has 0 aliphatic carbocycles. The molecule has 0 spiro atoms. The van der Waals surface area contributed by atoms with E-state index >= 15 is 0 Å². The van der Waals surface area contributed by atoms with Crippen molar-refractivity contribution in [1.82, 2.24) is 0 Å². The lowest BCUT2D eigenvalue weighted by Gasteiger charge is -2.31. The Morgan fingerprint density at radius 3 is 1.74 bits per heavy atom. The third kappa shape index (κ3) is 2.74. The Balaban J connectivity index is 1.77. The van der Waals surface area contributed by atoms with E-state index in [1.807, 2.05) is 48.5 Å². The SMILES string of the molecule is Cc1cccc(C2c3c(ccc4ccc(O)cc34)Oc3ccc4ccc(O)cc4c32)c1. The van der Waals surface area contributed by atoms with E-state index in [1.54, 1.807) is 12.1 Å². The maximum Gasteiger partial charge on any atom is 0.132 e. The fourth-order valence-electron chi connectivity index (χ4n) is 4.84. The van der Waals surface area contributed by atoms with Crippen molar-refractivity contribution in [3.8, 4) is 23.0 Å². The predicted octanol–water partition coefficient (Wildman–Crippen LogP) is 7.00. The van der Waals surface area contributed by atoms with E-state index in [9.17, 15) is 10.2 Å². The van der Waals surface area contributed by atoms with Gasteiger partial charge in [-0.3, -0.25) is 0 Å². The number of phenolic OH excluding ortho intramolecular Hbond substituents is 2. The molecule has 0 atom stereocenters. The number of phenols is 2. The minimum atomic E-state index is -0.102. The molecule has 1 aliphatic rings. The second-order valence-electron chi connectivity index (χ2n) is 8.21. The van der Waals surface area contributed by atoms with Gasteiger partial charge in [-0.25, -0.2) is 0 Å². The number of aryl methyl sites for hydroxylation is 1. The molecule has 6 rings (SSSR count). The van der Waals surface area contributed by atoms with Gasteiger partial charge in [0.1, 0.15) is 23.0 Å². The Bertz CT molecular complexity index is 1410. The minimum Gasteiger partial charge on any atom is -0.508 e. The summed E-state index contributed by atoms with van der Waals surface area (Å²) < 4.78 is 6.39. The van der Waals surface area contributed by atoms with Crippen molar-refractivity contribution in [2.45, 2.75) is 12.8 Å². The van der Waals surface area contributed by atoms with Crippen molar-refractivity contribution in [3.05, 3.63) is 107 Å². The van der Waals surface area contributed by atoms with Crippen LogP contribution >= 0.6 is 0 Å². The lowest BCUT2D eigenvalue weighted by molar-refractivity contribution is 0.455. The molecule has 5 aromatic rings. The smallest absolute Gasteiger partial charge is 0.132 e. The zero-order valence-corrected chi connectivity index (χ0v) is 17.0.